The molecule has 1 amide bonds. The third kappa shape index (κ3) is 0.886. The van der Waals surface area contributed by atoms with Gasteiger partial charge in [-0.1, -0.05) is 6.08 Å². The van der Waals surface area contributed by atoms with Gasteiger partial charge in [-0.2, -0.15) is 0 Å². The highest BCUT2D eigenvalue weighted by atomic mass is 16.1. The Kier molecular flexibility index (Phi) is 1.33. The minimum atomic E-state index is 0.148. The molecule has 1 atom stereocenters. The number of hydrogen-bond acceptors (Lipinski definition) is 1. The first kappa shape index (κ1) is 5.35. The monoisotopic (exact) mass is 111 g/mol. The molecular formula is C6H9NO. The number of carbonyl (C=O) groups is 1. The van der Waals surface area contributed by atoms with Crippen LogP contribution in [-0.4, -0.2) is 12.5 Å². The van der Waals surface area contributed by atoms with Gasteiger partial charge in [-0.3, -0.25) is 4.79 Å². The zero-order valence-electron chi connectivity index (χ0n) is 4.68. The van der Waals surface area contributed by atoms with Crippen LogP contribution in [0.1, 0.15) is 6.42 Å². The first-order valence-electron chi connectivity index (χ1n) is 2.72. The molecule has 0 radical (unpaired) electrons. The van der Waals surface area contributed by atoms with E-state index in [-0.39, 0.29) is 5.91 Å². The van der Waals surface area contributed by atoms with Gasteiger partial charge >= 0.3 is 0 Å². The lowest BCUT2D eigenvalue weighted by atomic mass is 10.1. The van der Waals surface area contributed by atoms with E-state index in [2.05, 4.69) is 11.9 Å². The summed E-state index contributed by atoms with van der Waals surface area (Å²) in [5.41, 5.74) is 0. The van der Waals surface area contributed by atoms with Gasteiger partial charge < -0.3 is 5.32 Å². The van der Waals surface area contributed by atoms with Crippen molar-refractivity contribution >= 4 is 5.91 Å². The van der Waals surface area contributed by atoms with E-state index < -0.39 is 0 Å². The maximum atomic E-state index is 10.5. The molecule has 1 heterocycles. The van der Waals surface area contributed by atoms with Crippen LogP contribution in [0, 0.1) is 5.92 Å². The van der Waals surface area contributed by atoms with Gasteiger partial charge in [-0.25, -0.2) is 0 Å². The maximum absolute atomic E-state index is 10.5. The molecule has 8 heavy (non-hydrogen) atoms. The molecule has 2 heteroatoms. The summed E-state index contributed by atoms with van der Waals surface area (Å²) in [5, 5.41) is 2.71. The van der Waals surface area contributed by atoms with E-state index in [1.807, 2.05) is 6.08 Å². The highest BCUT2D eigenvalue weighted by Crippen LogP contribution is 2.07. The van der Waals surface area contributed by atoms with Crippen LogP contribution >= 0.6 is 0 Å². The zero-order chi connectivity index (χ0) is 5.98. The number of rotatable bonds is 1. The van der Waals surface area contributed by atoms with E-state index >= 15 is 0 Å². The van der Waals surface area contributed by atoms with Gasteiger partial charge in [0.1, 0.15) is 0 Å². The van der Waals surface area contributed by atoms with Gasteiger partial charge in [0.2, 0.25) is 5.91 Å². The summed E-state index contributed by atoms with van der Waals surface area (Å²) in [5.74, 6) is 0.525. The van der Waals surface area contributed by atoms with Crippen LogP contribution in [0.2, 0.25) is 0 Å². The molecule has 1 saturated heterocycles. The van der Waals surface area contributed by atoms with Crippen molar-refractivity contribution in [2.75, 3.05) is 6.54 Å². The first-order chi connectivity index (χ1) is 3.83. The Morgan fingerprint density at radius 3 is 2.88 bits per heavy atom. The second-order valence-electron chi connectivity index (χ2n) is 2.00. The molecule has 0 aromatic heterocycles. The number of amides is 1. The Labute approximate surface area is 48.6 Å². The van der Waals surface area contributed by atoms with Crippen molar-refractivity contribution in [1.29, 1.82) is 0 Å². The van der Waals surface area contributed by atoms with Crippen molar-refractivity contribution in [1.82, 2.24) is 5.32 Å². The summed E-state index contributed by atoms with van der Waals surface area (Å²) >= 11 is 0. The first-order valence-corrected chi connectivity index (χ1v) is 2.72. The summed E-state index contributed by atoms with van der Waals surface area (Å²) in [6, 6.07) is 0. The molecule has 2 nitrogen and oxygen atoms in total. The fraction of sp³-hybridized carbons (Fsp3) is 0.500. The molecule has 0 aromatic carbocycles. The lowest BCUT2D eigenvalue weighted by Crippen LogP contribution is -2.13. The molecule has 0 saturated carbocycles. The molecule has 1 unspecified atom stereocenters. The van der Waals surface area contributed by atoms with E-state index in [4.69, 9.17) is 0 Å². The van der Waals surface area contributed by atoms with Crippen molar-refractivity contribution in [3.63, 3.8) is 0 Å². The molecule has 1 fully saturated rings. The van der Waals surface area contributed by atoms with Crippen LogP contribution in [0.4, 0.5) is 0 Å². The maximum Gasteiger partial charge on any atom is 0.220 e. The van der Waals surface area contributed by atoms with Gasteiger partial charge in [0.05, 0.1) is 0 Å². The van der Waals surface area contributed by atoms with Gasteiger partial charge in [0.15, 0.2) is 0 Å². The fourth-order valence-corrected chi connectivity index (χ4v) is 0.794. The normalized spacial score (nSPS) is 27.5. The molecule has 1 aliphatic rings. The van der Waals surface area contributed by atoms with Crippen molar-refractivity contribution in [2.45, 2.75) is 6.42 Å². The molecule has 0 bridgehead atoms. The van der Waals surface area contributed by atoms with Crippen LogP contribution in [-0.2, 0) is 4.79 Å². The lowest BCUT2D eigenvalue weighted by Gasteiger charge is -1.92. The quantitative estimate of drug-likeness (QED) is 0.485. The largest absolute Gasteiger partial charge is 0.355 e. The Morgan fingerprint density at radius 2 is 2.62 bits per heavy atom. The second-order valence-corrected chi connectivity index (χ2v) is 2.00. The van der Waals surface area contributed by atoms with Gasteiger partial charge in [-0.05, 0) is 0 Å². The van der Waals surface area contributed by atoms with Crippen molar-refractivity contribution < 1.29 is 4.79 Å². The molecule has 1 N–H and O–H groups in total. The standard InChI is InChI=1S/C6H9NO/c1-2-5-3-6(8)7-4-5/h2,5H,1,3-4H2,(H,7,8). The molecule has 0 aromatic rings. The third-order valence-electron chi connectivity index (χ3n) is 1.34. The lowest BCUT2D eigenvalue weighted by molar-refractivity contribution is -0.119. The number of carbonyl (C=O) groups excluding carboxylic acids is 1. The Bertz CT molecular complexity index is 120. The van der Waals surface area contributed by atoms with Crippen LogP contribution in [0.15, 0.2) is 12.7 Å². The van der Waals surface area contributed by atoms with Gasteiger partial charge in [-0.15, -0.1) is 6.58 Å². The second kappa shape index (κ2) is 1.99. The van der Waals surface area contributed by atoms with Gasteiger partial charge in [0, 0.05) is 18.9 Å². The summed E-state index contributed by atoms with van der Waals surface area (Å²) in [6.07, 6.45) is 2.45. The summed E-state index contributed by atoms with van der Waals surface area (Å²) < 4.78 is 0. The molecule has 1 rings (SSSR count). The highest BCUT2D eigenvalue weighted by molar-refractivity contribution is 5.78. The third-order valence-corrected chi connectivity index (χ3v) is 1.34. The van der Waals surface area contributed by atoms with Crippen LogP contribution in [0.3, 0.4) is 0 Å². The average Bonchev–Trinajstić information content (AvgIpc) is 2.14. The fourth-order valence-electron chi connectivity index (χ4n) is 0.794. The smallest absolute Gasteiger partial charge is 0.220 e. The van der Waals surface area contributed by atoms with E-state index in [0.29, 0.717) is 12.3 Å². The predicted molar refractivity (Wildman–Crippen MR) is 31.3 cm³/mol. The molecule has 1 aliphatic heterocycles. The van der Waals surface area contributed by atoms with Crippen molar-refractivity contribution in [3.05, 3.63) is 12.7 Å². The highest BCUT2D eigenvalue weighted by Gasteiger charge is 2.17. The SMILES string of the molecule is C=CC1CNC(=O)C1. The average molecular weight is 111 g/mol. The van der Waals surface area contributed by atoms with Crippen LogP contribution in [0.5, 0.6) is 0 Å². The van der Waals surface area contributed by atoms with E-state index in [1.165, 1.54) is 0 Å². The minimum absolute atomic E-state index is 0.148. The Hall–Kier alpha value is -0.790. The Balaban J connectivity index is 2.43. The molecule has 0 aliphatic carbocycles. The van der Waals surface area contributed by atoms with Crippen molar-refractivity contribution in [3.8, 4) is 0 Å². The predicted octanol–water partition coefficient (Wildman–Crippen LogP) is 0.308. The summed E-state index contributed by atoms with van der Waals surface area (Å²) in [6.45, 7) is 4.36. The zero-order valence-corrected chi connectivity index (χ0v) is 4.68. The Morgan fingerprint density at radius 1 is 1.88 bits per heavy atom. The van der Waals surface area contributed by atoms with E-state index in [0.717, 1.165) is 6.54 Å². The number of nitrogens with one attached hydrogen (secondary N) is 1. The minimum Gasteiger partial charge on any atom is -0.355 e. The van der Waals surface area contributed by atoms with Crippen LogP contribution < -0.4 is 5.32 Å². The summed E-state index contributed by atoms with van der Waals surface area (Å²) in [4.78, 5) is 10.5. The van der Waals surface area contributed by atoms with E-state index in [1.54, 1.807) is 0 Å². The van der Waals surface area contributed by atoms with E-state index in [9.17, 15) is 4.79 Å². The number of hydrogen-bond donors (Lipinski definition) is 1. The topological polar surface area (TPSA) is 29.1 Å². The van der Waals surface area contributed by atoms with Crippen LogP contribution in [0.25, 0.3) is 0 Å². The molecule has 0 spiro atoms. The van der Waals surface area contributed by atoms with Crippen molar-refractivity contribution in [2.24, 2.45) is 5.92 Å². The van der Waals surface area contributed by atoms with Gasteiger partial charge in [0.25, 0.3) is 0 Å². The molecule has 44 valence electrons. The molecular weight excluding hydrogens is 102 g/mol. The summed E-state index contributed by atoms with van der Waals surface area (Å²) in [7, 11) is 0.